The number of carbonyl (C=O) groups is 1. The van der Waals surface area contributed by atoms with Crippen LogP contribution in [0.25, 0.3) is 0 Å². The van der Waals surface area contributed by atoms with Gasteiger partial charge in [0, 0.05) is 12.0 Å². The van der Waals surface area contributed by atoms with Gasteiger partial charge in [-0.25, -0.2) is 0 Å². The van der Waals surface area contributed by atoms with Gasteiger partial charge in [-0.2, -0.15) is 0 Å². The molecule has 0 radical (unpaired) electrons. The van der Waals surface area contributed by atoms with E-state index in [0.29, 0.717) is 6.04 Å². The van der Waals surface area contributed by atoms with Crippen molar-refractivity contribution >= 4 is 5.91 Å². The van der Waals surface area contributed by atoms with Crippen LogP contribution in [-0.2, 0) is 4.79 Å². The van der Waals surface area contributed by atoms with Crippen molar-refractivity contribution in [2.24, 2.45) is 11.8 Å². The van der Waals surface area contributed by atoms with Crippen molar-refractivity contribution in [3.05, 3.63) is 0 Å². The van der Waals surface area contributed by atoms with E-state index in [1.54, 1.807) is 0 Å². The minimum absolute atomic E-state index is 0.124. The summed E-state index contributed by atoms with van der Waals surface area (Å²) in [4.78, 5) is 11.4. The Kier molecular flexibility index (Phi) is 3.76. The molecule has 0 aromatic heterocycles. The van der Waals surface area contributed by atoms with Gasteiger partial charge in [-0.1, -0.05) is 20.8 Å². The molecular formula is C11H21NO. The highest BCUT2D eigenvalue weighted by molar-refractivity contribution is 5.78. The SMILES string of the molecule is CC(C)C(=O)N[C@H]1CC[C@@H](C)CC1. The minimum atomic E-state index is 0.124. The monoisotopic (exact) mass is 183 g/mol. The molecule has 13 heavy (non-hydrogen) atoms. The fraction of sp³-hybridized carbons (Fsp3) is 0.909. The molecular weight excluding hydrogens is 162 g/mol. The second-order valence-electron chi connectivity index (χ2n) is 4.62. The first-order valence-electron chi connectivity index (χ1n) is 5.40. The van der Waals surface area contributed by atoms with Crippen LogP contribution in [0.4, 0.5) is 0 Å². The first-order chi connectivity index (χ1) is 6.09. The molecule has 0 heterocycles. The minimum Gasteiger partial charge on any atom is -0.353 e. The zero-order chi connectivity index (χ0) is 9.84. The van der Waals surface area contributed by atoms with Crippen LogP contribution in [0.15, 0.2) is 0 Å². The third kappa shape index (κ3) is 3.37. The van der Waals surface area contributed by atoms with Gasteiger partial charge in [0.15, 0.2) is 0 Å². The lowest BCUT2D eigenvalue weighted by Gasteiger charge is -2.27. The predicted octanol–water partition coefficient (Wildman–Crippen LogP) is 2.34. The molecule has 1 rings (SSSR count). The third-order valence-electron chi connectivity index (χ3n) is 2.89. The summed E-state index contributed by atoms with van der Waals surface area (Å²) in [6, 6.07) is 0.450. The Labute approximate surface area is 81.1 Å². The van der Waals surface area contributed by atoms with Gasteiger partial charge >= 0.3 is 0 Å². The van der Waals surface area contributed by atoms with Crippen LogP contribution in [-0.4, -0.2) is 11.9 Å². The van der Waals surface area contributed by atoms with Gasteiger partial charge in [0.2, 0.25) is 5.91 Å². The van der Waals surface area contributed by atoms with Crippen molar-refractivity contribution < 1.29 is 4.79 Å². The second-order valence-corrected chi connectivity index (χ2v) is 4.62. The van der Waals surface area contributed by atoms with E-state index < -0.39 is 0 Å². The number of hydrogen-bond donors (Lipinski definition) is 1. The highest BCUT2D eigenvalue weighted by Crippen LogP contribution is 2.23. The molecule has 1 saturated carbocycles. The summed E-state index contributed by atoms with van der Waals surface area (Å²) >= 11 is 0. The van der Waals surface area contributed by atoms with Crippen LogP contribution in [0.1, 0.15) is 46.5 Å². The van der Waals surface area contributed by atoms with E-state index in [1.165, 1.54) is 25.7 Å². The first kappa shape index (κ1) is 10.6. The van der Waals surface area contributed by atoms with Crippen LogP contribution in [0.2, 0.25) is 0 Å². The first-order valence-corrected chi connectivity index (χ1v) is 5.40. The fourth-order valence-corrected chi connectivity index (χ4v) is 1.77. The second kappa shape index (κ2) is 4.64. The lowest BCUT2D eigenvalue weighted by Crippen LogP contribution is -2.39. The van der Waals surface area contributed by atoms with Gasteiger partial charge in [-0.3, -0.25) is 4.79 Å². The summed E-state index contributed by atoms with van der Waals surface area (Å²) in [5, 5.41) is 3.10. The molecule has 0 spiro atoms. The molecule has 0 aliphatic heterocycles. The van der Waals surface area contributed by atoms with Gasteiger partial charge < -0.3 is 5.32 Å². The summed E-state index contributed by atoms with van der Waals surface area (Å²) in [7, 11) is 0. The molecule has 1 amide bonds. The van der Waals surface area contributed by atoms with E-state index in [1.807, 2.05) is 13.8 Å². The smallest absolute Gasteiger partial charge is 0.222 e. The number of carbonyl (C=O) groups excluding carboxylic acids is 1. The molecule has 1 aliphatic rings. The Morgan fingerprint density at radius 3 is 2.23 bits per heavy atom. The normalized spacial score (nSPS) is 28.9. The van der Waals surface area contributed by atoms with Crippen LogP contribution >= 0.6 is 0 Å². The van der Waals surface area contributed by atoms with Crippen molar-refractivity contribution in [1.29, 1.82) is 0 Å². The molecule has 1 aliphatic carbocycles. The van der Waals surface area contributed by atoms with Gasteiger partial charge in [-0.05, 0) is 31.6 Å². The van der Waals surface area contributed by atoms with Gasteiger partial charge in [0.05, 0.1) is 0 Å². The lowest BCUT2D eigenvalue weighted by atomic mass is 9.87. The van der Waals surface area contributed by atoms with E-state index in [9.17, 15) is 4.79 Å². The van der Waals surface area contributed by atoms with Crippen molar-refractivity contribution in [2.75, 3.05) is 0 Å². The largest absolute Gasteiger partial charge is 0.353 e. The molecule has 0 unspecified atom stereocenters. The summed E-state index contributed by atoms with van der Waals surface area (Å²) in [6.07, 6.45) is 4.87. The van der Waals surface area contributed by atoms with Crippen LogP contribution in [0.3, 0.4) is 0 Å². The predicted molar refractivity (Wildman–Crippen MR) is 54.4 cm³/mol. The van der Waals surface area contributed by atoms with Crippen molar-refractivity contribution in [3.8, 4) is 0 Å². The number of nitrogens with one attached hydrogen (secondary N) is 1. The average molecular weight is 183 g/mol. The molecule has 2 heteroatoms. The molecule has 2 nitrogen and oxygen atoms in total. The van der Waals surface area contributed by atoms with Crippen molar-refractivity contribution in [1.82, 2.24) is 5.32 Å². The van der Waals surface area contributed by atoms with E-state index in [-0.39, 0.29) is 11.8 Å². The maximum Gasteiger partial charge on any atom is 0.222 e. The fourth-order valence-electron chi connectivity index (χ4n) is 1.77. The Bertz CT molecular complexity index is 169. The standard InChI is InChI=1S/C11H21NO/c1-8(2)11(13)12-10-6-4-9(3)5-7-10/h8-10H,4-7H2,1-3H3,(H,12,13)/t9-,10+. The summed E-state index contributed by atoms with van der Waals surface area (Å²) in [5.74, 6) is 1.19. The maximum absolute atomic E-state index is 11.4. The summed E-state index contributed by atoms with van der Waals surface area (Å²) in [6.45, 7) is 6.18. The van der Waals surface area contributed by atoms with Gasteiger partial charge in [0.1, 0.15) is 0 Å². The molecule has 1 fully saturated rings. The Hall–Kier alpha value is -0.530. The third-order valence-corrected chi connectivity index (χ3v) is 2.89. The summed E-state index contributed by atoms with van der Waals surface area (Å²) < 4.78 is 0. The molecule has 0 aromatic carbocycles. The lowest BCUT2D eigenvalue weighted by molar-refractivity contribution is -0.124. The summed E-state index contributed by atoms with van der Waals surface area (Å²) in [5.41, 5.74) is 0. The maximum atomic E-state index is 11.4. The van der Waals surface area contributed by atoms with Crippen LogP contribution < -0.4 is 5.32 Å². The van der Waals surface area contributed by atoms with Gasteiger partial charge in [0.25, 0.3) is 0 Å². The average Bonchev–Trinajstić information content (AvgIpc) is 2.08. The quantitative estimate of drug-likeness (QED) is 0.699. The molecule has 0 bridgehead atoms. The van der Waals surface area contributed by atoms with Gasteiger partial charge in [-0.15, -0.1) is 0 Å². The molecule has 0 aromatic rings. The number of amides is 1. The topological polar surface area (TPSA) is 29.1 Å². The zero-order valence-corrected chi connectivity index (χ0v) is 8.97. The molecule has 0 atom stereocenters. The van der Waals surface area contributed by atoms with E-state index in [0.717, 1.165) is 5.92 Å². The van der Waals surface area contributed by atoms with Crippen molar-refractivity contribution in [3.63, 3.8) is 0 Å². The van der Waals surface area contributed by atoms with E-state index in [4.69, 9.17) is 0 Å². The Morgan fingerprint density at radius 1 is 1.23 bits per heavy atom. The van der Waals surface area contributed by atoms with E-state index >= 15 is 0 Å². The highest BCUT2D eigenvalue weighted by Gasteiger charge is 2.20. The zero-order valence-electron chi connectivity index (χ0n) is 8.97. The molecule has 76 valence electrons. The van der Waals surface area contributed by atoms with Crippen LogP contribution in [0, 0.1) is 11.8 Å². The molecule has 0 saturated heterocycles. The number of rotatable bonds is 2. The Morgan fingerprint density at radius 2 is 1.77 bits per heavy atom. The molecule has 1 N–H and O–H groups in total. The highest BCUT2D eigenvalue weighted by atomic mass is 16.1. The van der Waals surface area contributed by atoms with Crippen LogP contribution in [0.5, 0.6) is 0 Å². The Balaban J connectivity index is 2.26. The number of hydrogen-bond acceptors (Lipinski definition) is 1. The van der Waals surface area contributed by atoms with E-state index in [2.05, 4.69) is 12.2 Å². The van der Waals surface area contributed by atoms with Crippen molar-refractivity contribution in [2.45, 2.75) is 52.5 Å².